The smallest absolute Gasteiger partial charge is 0.231 e. The maximum atomic E-state index is 13.4. The Bertz CT molecular complexity index is 730. The van der Waals surface area contributed by atoms with Crippen LogP contribution in [0, 0.1) is 5.82 Å². The van der Waals surface area contributed by atoms with Crippen LogP contribution in [-0.2, 0) is 16.1 Å². The minimum Gasteiger partial charge on any atom is -0.337 e. The first-order valence-electron chi connectivity index (χ1n) is 7.49. The summed E-state index contributed by atoms with van der Waals surface area (Å²) >= 11 is 1.60. The number of fused-ring (bicyclic) bond motifs is 1. The normalized spacial score (nSPS) is 16.6. The fourth-order valence-electron chi connectivity index (χ4n) is 2.81. The SMILES string of the molecule is CCN(Cc1cccs1)C(=O)C1CC(=O)Nc2cc(F)ccc21. The highest BCUT2D eigenvalue weighted by molar-refractivity contribution is 7.09. The first-order valence-corrected chi connectivity index (χ1v) is 8.37. The highest BCUT2D eigenvalue weighted by Crippen LogP contribution is 2.34. The maximum absolute atomic E-state index is 13.4. The van der Waals surface area contributed by atoms with E-state index >= 15 is 0 Å². The third kappa shape index (κ3) is 3.27. The van der Waals surface area contributed by atoms with Gasteiger partial charge in [-0.25, -0.2) is 4.39 Å². The first-order chi connectivity index (χ1) is 11.1. The molecule has 6 heteroatoms. The maximum Gasteiger partial charge on any atom is 0.231 e. The molecule has 2 heterocycles. The second kappa shape index (κ2) is 6.50. The molecule has 0 radical (unpaired) electrons. The van der Waals surface area contributed by atoms with Crippen LogP contribution < -0.4 is 5.32 Å². The van der Waals surface area contributed by atoms with Gasteiger partial charge in [-0.05, 0) is 36.1 Å². The van der Waals surface area contributed by atoms with E-state index in [2.05, 4.69) is 5.32 Å². The summed E-state index contributed by atoms with van der Waals surface area (Å²) in [6.45, 7) is 3.01. The van der Waals surface area contributed by atoms with Crippen LogP contribution in [0.2, 0.25) is 0 Å². The van der Waals surface area contributed by atoms with E-state index < -0.39 is 11.7 Å². The number of nitrogens with zero attached hydrogens (tertiary/aromatic N) is 1. The van der Waals surface area contributed by atoms with E-state index in [1.807, 2.05) is 24.4 Å². The molecule has 0 spiro atoms. The zero-order valence-electron chi connectivity index (χ0n) is 12.7. The summed E-state index contributed by atoms with van der Waals surface area (Å²) in [4.78, 5) is 27.6. The van der Waals surface area contributed by atoms with Gasteiger partial charge in [-0.2, -0.15) is 0 Å². The van der Waals surface area contributed by atoms with Crippen LogP contribution in [0.15, 0.2) is 35.7 Å². The van der Waals surface area contributed by atoms with Crippen LogP contribution in [0.1, 0.15) is 29.7 Å². The number of anilines is 1. The van der Waals surface area contributed by atoms with Gasteiger partial charge >= 0.3 is 0 Å². The second-order valence-electron chi connectivity index (χ2n) is 5.47. The summed E-state index contributed by atoms with van der Waals surface area (Å²) in [6.07, 6.45) is 0.0956. The lowest BCUT2D eigenvalue weighted by atomic mass is 9.89. The molecule has 0 bridgehead atoms. The topological polar surface area (TPSA) is 49.4 Å². The zero-order chi connectivity index (χ0) is 16.4. The van der Waals surface area contributed by atoms with Gasteiger partial charge in [0.1, 0.15) is 5.82 Å². The van der Waals surface area contributed by atoms with Crippen LogP contribution in [0.3, 0.4) is 0 Å². The number of hydrogen-bond acceptors (Lipinski definition) is 3. The molecule has 0 fully saturated rings. The lowest BCUT2D eigenvalue weighted by Gasteiger charge is -2.30. The number of benzene rings is 1. The van der Waals surface area contributed by atoms with Gasteiger partial charge < -0.3 is 10.2 Å². The molecule has 0 aliphatic carbocycles. The number of rotatable bonds is 4. The van der Waals surface area contributed by atoms with Gasteiger partial charge in [0.05, 0.1) is 12.5 Å². The van der Waals surface area contributed by atoms with Crippen LogP contribution >= 0.6 is 11.3 Å². The zero-order valence-corrected chi connectivity index (χ0v) is 13.5. The number of amides is 2. The van der Waals surface area contributed by atoms with Gasteiger partial charge in [-0.1, -0.05) is 12.1 Å². The molecule has 1 aliphatic rings. The van der Waals surface area contributed by atoms with Crippen molar-refractivity contribution in [3.8, 4) is 0 Å². The molecule has 0 saturated heterocycles. The number of likely N-dealkylation sites (N-methyl/N-ethyl adjacent to an activating group) is 1. The second-order valence-corrected chi connectivity index (χ2v) is 6.50. The standard InChI is InChI=1S/C17H17FN2O2S/c1-2-20(10-12-4-3-7-23-12)17(22)14-9-16(21)19-15-8-11(18)5-6-13(14)15/h3-8,14H,2,9-10H2,1H3,(H,19,21). The largest absolute Gasteiger partial charge is 0.337 e. The van der Waals surface area contributed by atoms with Crippen molar-refractivity contribution in [1.82, 2.24) is 4.90 Å². The van der Waals surface area contributed by atoms with Gasteiger partial charge in [-0.3, -0.25) is 9.59 Å². The van der Waals surface area contributed by atoms with Crippen molar-refractivity contribution in [3.05, 3.63) is 52.0 Å². The third-order valence-corrected chi connectivity index (χ3v) is 4.83. The van der Waals surface area contributed by atoms with Crippen LogP contribution in [0.4, 0.5) is 10.1 Å². The molecule has 1 aliphatic heterocycles. The molecule has 23 heavy (non-hydrogen) atoms. The molecule has 4 nitrogen and oxygen atoms in total. The minimum atomic E-state index is -0.556. The Morgan fingerprint density at radius 1 is 1.43 bits per heavy atom. The molecule has 0 saturated carbocycles. The summed E-state index contributed by atoms with van der Waals surface area (Å²) in [5, 5.41) is 4.61. The predicted octanol–water partition coefficient (Wildman–Crippen LogP) is 3.36. The van der Waals surface area contributed by atoms with E-state index in [1.165, 1.54) is 12.1 Å². The Morgan fingerprint density at radius 3 is 2.96 bits per heavy atom. The van der Waals surface area contributed by atoms with Gasteiger partial charge in [-0.15, -0.1) is 11.3 Å². The van der Waals surface area contributed by atoms with E-state index in [1.54, 1.807) is 22.3 Å². The summed E-state index contributed by atoms with van der Waals surface area (Å²) < 4.78 is 13.4. The molecule has 3 rings (SSSR count). The summed E-state index contributed by atoms with van der Waals surface area (Å²) in [5.74, 6) is -1.33. The van der Waals surface area contributed by atoms with Gasteiger partial charge in [0.25, 0.3) is 0 Å². The Labute approximate surface area is 137 Å². The quantitative estimate of drug-likeness (QED) is 0.933. The fraction of sp³-hybridized carbons (Fsp3) is 0.294. The molecule has 2 aromatic rings. The minimum absolute atomic E-state index is 0.0939. The van der Waals surface area contributed by atoms with Crippen molar-refractivity contribution in [2.24, 2.45) is 0 Å². The average Bonchev–Trinajstić information content (AvgIpc) is 3.03. The molecule has 1 aromatic carbocycles. The number of thiophene rings is 1. The van der Waals surface area contributed by atoms with Crippen LogP contribution in [0.5, 0.6) is 0 Å². The lowest BCUT2D eigenvalue weighted by molar-refractivity contribution is -0.135. The van der Waals surface area contributed by atoms with E-state index in [0.717, 1.165) is 4.88 Å². The Hall–Kier alpha value is -2.21. The Kier molecular flexibility index (Phi) is 4.43. The number of halogens is 1. The van der Waals surface area contributed by atoms with Crippen molar-refractivity contribution < 1.29 is 14.0 Å². The monoisotopic (exact) mass is 332 g/mol. The number of nitrogens with one attached hydrogen (secondary N) is 1. The van der Waals surface area contributed by atoms with Crippen molar-refractivity contribution in [1.29, 1.82) is 0 Å². The molecule has 1 N–H and O–H groups in total. The van der Waals surface area contributed by atoms with Gasteiger partial charge in [0.15, 0.2) is 0 Å². The van der Waals surface area contributed by atoms with Crippen LogP contribution in [-0.4, -0.2) is 23.3 Å². The predicted molar refractivity (Wildman–Crippen MR) is 87.8 cm³/mol. The third-order valence-electron chi connectivity index (χ3n) is 3.97. The highest BCUT2D eigenvalue weighted by Gasteiger charge is 2.33. The van der Waals surface area contributed by atoms with Crippen molar-refractivity contribution in [3.63, 3.8) is 0 Å². The molecule has 1 unspecified atom stereocenters. The molecule has 1 atom stereocenters. The van der Waals surface area contributed by atoms with E-state index in [9.17, 15) is 14.0 Å². The highest BCUT2D eigenvalue weighted by atomic mass is 32.1. The van der Waals surface area contributed by atoms with Gasteiger partial charge in [0, 0.05) is 23.5 Å². The Balaban J connectivity index is 1.88. The van der Waals surface area contributed by atoms with E-state index in [-0.39, 0.29) is 18.2 Å². The van der Waals surface area contributed by atoms with Crippen LogP contribution in [0.25, 0.3) is 0 Å². The molecule has 120 valence electrons. The molecular weight excluding hydrogens is 315 g/mol. The molecule has 2 amide bonds. The number of hydrogen-bond donors (Lipinski definition) is 1. The van der Waals surface area contributed by atoms with Crippen molar-refractivity contribution in [2.45, 2.75) is 25.8 Å². The fourth-order valence-corrected chi connectivity index (χ4v) is 3.53. The molecule has 1 aromatic heterocycles. The van der Waals surface area contributed by atoms with E-state index in [4.69, 9.17) is 0 Å². The van der Waals surface area contributed by atoms with E-state index in [0.29, 0.717) is 24.3 Å². The number of carbonyl (C=O) groups is 2. The van der Waals surface area contributed by atoms with Crippen molar-refractivity contribution >= 4 is 28.8 Å². The average molecular weight is 332 g/mol. The number of carbonyl (C=O) groups excluding carboxylic acids is 2. The van der Waals surface area contributed by atoms with Gasteiger partial charge in [0.2, 0.25) is 11.8 Å². The summed E-state index contributed by atoms with van der Waals surface area (Å²) in [5.41, 5.74) is 1.08. The lowest BCUT2D eigenvalue weighted by Crippen LogP contribution is -2.38. The van der Waals surface area contributed by atoms with Crippen molar-refractivity contribution in [2.75, 3.05) is 11.9 Å². The Morgan fingerprint density at radius 2 is 2.26 bits per heavy atom. The molecular formula is C17H17FN2O2S. The summed E-state index contributed by atoms with van der Waals surface area (Å²) in [7, 11) is 0. The first kappa shape index (κ1) is 15.7. The summed E-state index contributed by atoms with van der Waals surface area (Å²) in [6, 6.07) is 8.11.